The van der Waals surface area contributed by atoms with Crippen molar-refractivity contribution in [2.75, 3.05) is 7.05 Å². The van der Waals surface area contributed by atoms with Gasteiger partial charge in [0.2, 0.25) is 0 Å². The number of hydrogen-bond donors (Lipinski definition) is 1. The van der Waals surface area contributed by atoms with Crippen LogP contribution in [0.15, 0.2) is 39.5 Å². The smallest absolute Gasteiger partial charge is 0.0582 e. The van der Waals surface area contributed by atoms with Gasteiger partial charge in [-0.15, -0.1) is 0 Å². The molecule has 16 heavy (non-hydrogen) atoms. The summed E-state index contributed by atoms with van der Waals surface area (Å²) in [5.74, 6) is 0. The maximum Gasteiger partial charge on any atom is 0.0582 e. The van der Waals surface area contributed by atoms with Gasteiger partial charge in [0.05, 0.1) is 6.04 Å². The Bertz CT molecular complexity index is 445. The highest BCUT2D eigenvalue weighted by molar-refractivity contribution is 9.10. The minimum absolute atomic E-state index is 0.280. The van der Waals surface area contributed by atoms with E-state index < -0.39 is 0 Å². The highest BCUT2D eigenvalue weighted by Gasteiger charge is 2.12. The maximum absolute atomic E-state index is 3.55. The second kappa shape index (κ2) is 5.13. The Morgan fingerprint density at radius 2 is 2.06 bits per heavy atom. The summed E-state index contributed by atoms with van der Waals surface area (Å²) in [4.78, 5) is 0. The third-order valence-corrected chi connectivity index (χ3v) is 3.72. The van der Waals surface area contributed by atoms with Gasteiger partial charge in [-0.05, 0) is 59.6 Å². The Hall–Kier alpha value is -0.640. The van der Waals surface area contributed by atoms with Crippen molar-refractivity contribution >= 4 is 27.3 Å². The minimum atomic E-state index is 0.280. The number of nitrogens with one attached hydrogen (secondary N) is 1. The van der Waals surface area contributed by atoms with Gasteiger partial charge < -0.3 is 5.32 Å². The average Bonchev–Trinajstić information content (AvgIpc) is 2.70. The van der Waals surface area contributed by atoms with Crippen LogP contribution in [0, 0.1) is 6.92 Å². The van der Waals surface area contributed by atoms with Crippen LogP contribution in [-0.4, -0.2) is 7.05 Å². The van der Waals surface area contributed by atoms with E-state index in [9.17, 15) is 0 Å². The molecule has 0 amide bonds. The van der Waals surface area contributed by atoms with Crippen LogP contribution >= 0.6 is 27.3 Å². The molecule has 0 saturated heterocycles. The number of rotatable bonds is 3. The SMILES string of the molecule is CNC(c1ccsc1)c1cc(C)cc(Br)c1. The Morgan fingerprint density at radius 3 is 2.62 bits per heavy atom. The van der Waals surface area contributed by atoms with Gasteiger partial charge >= 0.3 is 0 Å². The van der Waals surface area contributed by atoms with Crippen molar-refractivity contribution in [1.29, 1.82) is 0 Å². The maximum atomic E-state index is 3.55. The van der Waals surface area contributed by atoms with Crippen molar-refractivity contribution in [3.05, 3.63) is 56.2 Å². The molecule has 2 rings (SSSR count). The molecule has 2 aromatic rings. The minimum Gasteiger partial charge on any atom is -0.309 e. The molecule has 1 aromatic carbocycles. The fraction of sp³-hybridized carbons (Fsp3) is 0.231. The normalized spacial score (nSPS) is 12.7. The standard InChI is InChI=1S/C13H14BrNS/c1-9-5-11(7-12(14)6-9)13(15-2)10-3-4-16-8-10/h3-8,13,15H,1-2H3. The topological polar surface area (TPSA) is 12.0 Å². The highest BCUT2D eigenvalue weighted by Crippen LogP contribution is 2.26. The van der Waals surface area contributed by atoms with E-state index in [4.69, 9.17) is 0 Å². The van der Waals surface area contributed by atoms with Crippen LogP contribution in [0.25, 0.3) is 0 Å². The summed E-state index contributed by atoms with van der Waals surface area (Å²) < 4.78 is 1.14. The summed E-state index contributed by atoms with van der Waals surface area (Å²) in [6, 6.07) is 8.98. The number of halogens is 1. The number of benzene rings is 1. The van der Waals surface area contributed by atoms with E-state index in [0.29, 0.717) is 0 Å². The van der Waals surface area contributed by atoms with Gasteiger partial charge in [-0.3, -0.25) is 0 Å². The molecule has 1 aromatic heterocycles. The zero-order chi connectivity index (χ0) is 11.5. The van der Waals surface area contributed by atoms with E-state index in [1.54, 1.807) is 11.3 Å². The number of hydrogen-bond acceptors (Lipinski definition) is 2. The van der Waals surface area contributed by atoms with E-state index in [1.165, 1.54) is 16.7 Å². The zero-order valence-electron chi connectivity index (χ0n) is 9.33. The molecule has 0 radical (unpaired) electrons. The van der Waals surface area contributed by atoms with Crippen LogP contribution in [0.5, 0.6) is 0 Å². The molecular formula is C13H14BrNS. The average molecular weight is 296 g/mol. The van der Waals surface area contributed by atoms with Crippen molar-refractivity contribution in [2.24, 2.45) is 0 Å². The Labute approximate surface area is 109 Å². The zero-order valence-corrected chi connectivity index (χ0v) is 11.7. The second-order valence-corrected chi connectivity index (χ2v) is 5.54. The first kappa shape index (κ1) is 11.8. The second-order valence-electron chi connectivity index (χ2n) is 3.84. The molecule has 0 saturated carbocycles. The molecule has 1 N–H and O–H groups in total. The van der Waals surface area contributed by atoms with Gasteiger partial charge in [0.25, 0.3) is 0 Å². The summed E-state index contributed by atoms with van der Waals surface area (Å²) >= 11 is 5.28. The lowest BCUT2D eigenvalue weighted by Gasteiger charge is -2.16. The van der Waals surface area contributed by atoms with E-state index in [-0.39, 0.29) is 6.04 Å². The lowest BCUT2D eigenvalue weighted by Crippen LogP contribution is -2.17. The van der Waals surface area contributed by atoms with Crippen LogP contribution in [0.4, 0.5) is 0 Å². The van der Waals surface area contributed by atoms with E-state index >= 15 is 0 Å². The first-order chi connectivity index (χ1) is 7.70. The Balaban J connectivity index is 2.41. The van der Waals surface area contributed by atoms with Crippen molar-refractivity contribution in [3.63, 3.8) is 0 Å². The van der Waals surface area contributed by atoms with Crippen molar-refractivity contribution in [1.82, 2.24) is 5.32 Å². The van der Waals surface area contributed by atoms with Crippen molar-refractivity contribution < 1.29 is 0 Å². The van der Waals surface area contributed by atoms with Crippen LogP contribution in [0.1, 0.15) is 22.7 Å². The molecule has 0 spiro atoms. The molecule has 1 heterocycles. The molecule has 1 nitrogen and oxygen atoms in total. The molecule has 0 aliphatic rings. The fourth-order valence-corrected chi connectivity index (χ4v) is 3.21. The van der Waals surface area contributed by atoms with Crippen LogP contribution < -0.4 is 5.32 Å². The van der Waals surface area contributed by atoms with Crippen molar-refractivity contribution in [3.8, 4) is 0 Å². The summed E-state index contributed by atoms with van der Waals surface area (Å²) in [6.07, 6.45) is 0. The number of thiophene rings is 1. The molecule has 84 valence electrons. The lowest BCUT2D eigenvalue weighted by molar-refractivity contribution is 0.693. The molecule has 1 unspecified atom stereocenters. The summed E-state index contributed by atoms with van der Waals surface area (Å²) in [5.41, 5.74) is 3.90. The van der Waals surface area contributed by atoms with Crippen LogP contribution in [0.2, 0.25) is 0 Å². The van der Waals surface area contributed by atoms with E-state index in [2.05, 4.69) is 63.2 Å². The monoisotopic (exact) mass is 295 g/mol. The molecule has 0 fully saturated rings. The number of aryl methyl sites for hydroxylation is 1. The highest BCUT2D eigenvalue weighted by atomic mass is 79.9. The van der Waals surface area contributed by atoms with E-state index in [0.717, 1.165) is 4.47 Å². The van der Waals surface area contributed by atoms with Gasteiger partial charge in [-0.2, -0.15) is 11.3 Å². The van der Waals surface area contributed by atoms with Gasteiger partial charge in [0, 0.05) is 4.47 Å². The van der Waals surface area contributed by atoms with Crippen LogP contribution in [0.3, 0.4) is 0 Å². The molecule has 0 bridgehead atoms. The predicted molar refractivity (Wildman–Crippen MR) is 74.1 cm³/mol. The summed E-state index contributed by atoms with van der Waals surface area (Å²) in [7, 11) is 2.00. The summed E-state index contributed by atoms with van der Waals surface area (Å²) in [5, 5.41) is 7.67. The summed E-state index contributed by atoms with van der Waals surface area (Å²) in [6.45, 7) is 2.12. The van der Waals surface area contributed by atoms with Gasteiger partial charge in [0.15, 0.2) is 0 Å². The molecule has 0 aliphatic carbocycles. The first-order valence-corrected chi connectivity index (χ1v) is 6.90. The fourth-order valence-electron chi connectivity index (χ4n) is 1.90. The van der Waals surface area contributed by atoms with Crippen LogP contribution in [-0.2, 0) is 0 Å². The third-order valence-electron chi connectivity index (χ3n) is 2.56. The van der Waals surface area contributed by atoms with Gasteiger partial charge in [0.1, 0.15) is 0 Å². The molecular weight excluding hydrogens is 282 g/mol. The molecule has 3 heteroatoms. The molecule has 0 aliphatic heterocycles. The Kier molecular flexibility index (Phi) is 3.79. The first-order valence-electron chi connectivity index (χ1n) is 5.17. The largest absolute Gasteiger partial charge is 0.309 e. The molecule has 1 atom stereocenters. The third kappa shape index (κ3) is 2.54. The van der Waals surface area contributed by atoms with Gasteiger partial charge in [-0.25, -0.2) is 0 Å². The van der Waals surface area contributed by atoms with E-state index in [1.807, 2.05) is 7.05 Å². The lowest BCUT2D eigenvalue weighted by atomic mass is 10.00. The Morgan fingerprint density at radius 1 is 1.25 bits per heavy atom. The van der Waals surface area contributed by atoms with Crippen molar-refractivity contribution in [2.45, 2.75) is 13.0 Å². The predicted octanol–water partition coefficient (Wildman–Crippen LogP) is 4.13. The van der Waals surface area contributed by atoms with Gasteiger partial charge in [-0.1, -0.05) is 22.0 Å². The quantitative estimate of drug-likeness (QED) is 0.898.